The summed E-state index contributed by atoms with van der Waals surface area (Å²) in [4.78, 5) is 0. The molecule has 0 spiro atoms. The van der Waals surface area contributed by atoms with Crippen molar-refractivity contribution >= 4 is 21.6 Å². The van der Waals surface area contributed by atoms with Crippen molar-refractivity contribution in [1.29, 1.82) is 0 Å². The van der Waals surface area contributed by atoms with Gasteiger partial charge in [0, 0.05) is 22.6 Å². The van der Waals surface area contributed by atoms with Gasteiger partial charge in [0.15, 0.2) is 0 Å². The van der Waals surface area contributed by atoms with Crippen molar-refractivity contribution < 1.29 is 0 Å². The van der Waals surface area contributed by atoms with E-state index >= 15 is 0 Å². The predicted octanol–water partition coefficient (Wildman–Crippen LogP) is 4.51. The second-order valence-electron chi connectivity index (χ2n) is 4.96. The number of benzene rings is 2. The Kier molecular flexibility index (Phi) is 3.13. The molecule has 2 aromatic rings. The van der Waals surface area contributed by atoms with E-state index in [0.29, 0.717) is 5.92 Å². The molecular formula is C16H16BrN. The van der Waals surface area contributed by atoms with Crippen LogP contribution in [0.2, 0.25) is 0 Å². The maximum absolute atomic E-state index is 3.59. The lowest BCUT2D eigenvalue weighted by molar-refractivity contribution is 0.635. The summed E-state index contributed by atoms with van der Waals surface area (Å²) in [5.41, 5.74) is 5.50. The lowest BCUT2D eigenvalue weighted by atomic mass is 9.77. The Morgan fingerprint density at radius 1 is 1.22 bits per heavy atom. The molecule has 0 amide bonds. The zero-order valence-electron chi connectivity index (χ0n) is 10.4. The summed E-state index contributed by atoms with van der Waals surface area (Å²) < 4.78 is 1.14. The summed E-state index contributed by atoms with van der Waals surface area (Å²) in [7, 11) is 0. The first kappa shape index (κ1) is 11.8. The summed E-state index contributed by atoms with van der Waals surface area (Å²) in [5, 5.41) is 3.55. The van der Waals surface area contributed by atoms with Crippen LogP contribution < -0.4 is 5.32 Å². The average Bonchev–Trinajstić information content (AvgIpc) is 2.34. The molecule has 0 fully saturated rings. The van der Waals surface area contributed by atoms with Gasteiger partial charge in [-0.15, -0.1) is 0 Å². The van der Waals surface area contributed by atoms with Gasteiger partial charge in [0.25, 0.3) is 0 Å². The highest BCUT2D eigenvalue weighted by molar-refractivity contribution is 9.10. The molecule has 2 heteroatoms. The quantitative estimate of drug-likeness (QED) is 0.879. The normalized spacial score (nSPS) is 16.9. The van der Waals surface area contributed by atoms with Gasteiger partial charge < -0.3 is 5.32 Å². The second-order valence-corrected chi connectivity index (χ2v) is 5.82. The summed E-state index contributed by atoms with van der Waals surface area (Å²) in [6, 6.07) is 15.1. The first-order chi connectivity index (χ1) is 8.74. The van der Waals surface area contributed by atoms with E-state index in [2.05, 4.69) is 70.6 Å². The summed E-state index contributed by atoms with van der Waals surface area (Å²) in [6.45, 7) is 3.13. The van der Waals surface area contributed by atoms with Crippen LogP contribution in [0, 0.1) is 6.92 Å². The van der Waals surface area contributed by atoms with E-state index in [1.54, 1.807) is 0 Å². The number of halogens is 1. The molecule has 0 aliphatic heterocycles. The summed E-state index contributed by atoms with van der Waals surface area (Å²) in [6.07, 6.45) is 1.20. The molecule has 0 bridgehead atoms. The van der Waals surface area contributed by atoms with Crippen molar-refractivity contribution in [1.82, 2.24) is 0 Å². The maximum Gasteiger partial charge on any atom is 0.0487 e. The van der Waals surface area contributed by atoms with E-state index in [0.717, 1.165) is 11.0 Å². The standard InChI is InChI=1S/C16H16BrN/c1-11-6-7-15(17)16(8-11)18-10-13-9-12-4-2-3-5-14(12)13/h2-8,13,18H,9-10H2,1H3. The number of hydrogen-bond donors (Lipinski definition) is 1. The lowest BCUT2D eigenvalue weighted by Gasteiger charge is -2.30. The Morgan fingerprint density at radius 2 is 2.06 bits per heavy atom. The molecule has 0 saturated heterocycles. The van der Waals surface area contributed by atoms with Crippen molar-refractivity contribution in [2.45, 2.75) is 19.3 Å². The van der Waals surface area contributed by atoms with Crippen LogP contribution in [0.4, 0.5) is 5.69 Å². The zero-order valence-corrected chi connectivity index (χ0v) is 12.0. The molecule has 92 valence electrons. The number of anilines is 1. The molecular weight excluding hydrogens is 286 g/mol. The van der Waals surface area contributed by atoms with Crippen molar-refractivity contribution in [3.63, 3.8) is 0 Å². The third-order valence-corrected chi connectivity index (χ3v) is 4.31. The Hall–Kier alpha value is -1.28. The van der Waals surface area contributed by atoms with Crippen molar-refractivity contribution in [2.24, 2.45) is 0 Å². The number of rotatable bonds is 3. The third kappa shape index (κ3) is 2.17. The molecule has 1 nitrogen and oxygen atoms in total. The van der Waals surface area contributed by atoms with Gasteiger partial charge in [-0.2, -0.15) is 0 Å². The van der Waals surface area contributed by atoms with Crippen LogP contribution in [0.25, 0.3) is 0 Å². The fraction of sp³-hybridized carbons (Fsp3) is 0.250. The molecule has 1 aliphatic carbocycles. The molecule has 1 N–H and O–H groups in total. The number of fused-ring (bicyclic) bond motifs is 1. The van der Waals surface area contributed by atoms with Crippen LogP contribution in [0.3, 0.4) is 0 Å². The Labute approximate surface area is 116 Å². The molecule has 1 unspecified atom stereocenters. The molecule has 0 aromatic heterocycles. The van der Waals surface area contributed by atoms with E-state index in [-0.39, 0.29) is 0 Å². The highest BCUT2D eigenvalue weighted by Crippen LogP contribution is 2.35. The predicted molar refractivity (Wildman–Crippen MR) is 80.3 cm³/mol. The molecule has 0 radical (unpaired) electrons. The Morgan fingerprint density at radius 3 is 2.89 bits per heavy atom. The number of aryl methyl sites for hydroxylation is 1. The number of nitrogens with one attached hydrogen (secondary N) is 1. The first-order valence-corrected chi connectivity index (χ1v) is 7.11. The molecule has 2 aromatic carbocycles. The highest BCUT2D eigenvalue weighted by Gasteiger charge is 2.24. The smallest absolute Gasteiger partial charge is 0.0487 e. The third-order valence-electron chi connectivity index (χ3n) is 3.62. The van der Waals surface area contributed by atoms with Gasteiger partial charge in [0.05, 0.1) is 0 Å². The topological polar surface area (TPSA) is 12.0 Å². The fourth-order valence-corrected chi connectivity index (χ4v) is 2.94. The molecule has 18 heavy (non-hydrogen) atoms. The molecule has 3 rings (SSSR count). The minimum atomic E-state index is 0.661. The van der Waals surface area contributed by atoms with Crippen LogP contribution in [-0.4, -0.2) is 6.54 Å². The second kappa shape index (κ2) is 4.77. The van der Waals surface area contributed by atoms with Crippen molar-refractivity contribution in [3.8, 4) is 0 Å². The van der Waals surface area contributed by atoms with E-state index in [1.165, 1.54) is 28.8 Å². The van der Waals surface area contributed by atoms with E-state index in [4.69, 9.17) is 0 Å². The van der Waals surface area contributed by atoms with Gasteiger partial charge >= 0.3 is 0 Å². The van der Waals surface area contributed by atoms with Crippen molar-refractivity contribution in [3.05, 3.63) is 63.6 Å². The Bertz CT molecular complexity index is 577. The SMILES string of the molecule is Cc1ccc(Br)c(NCC2Cc3ccccc32)c1. The van der Waals surface area contributed by atoms with Crippen LogP contribution in [0.1, 0.15) is 22.6 Å². The van der Waals surface area contributed by atoms with Crippen LogP contribution in [0.5, 0.6) is 0 Å². The van der Waals surface area contributed by atoms with Crippen LogP contribution in [-0.2, 0) is 6.42 Å². The van der Waals surface area contributed by atoms with Gasteiger partial charge in [0.2, 0.25) is 0 Å². The first-order valence-electron chi connectivity index (χ1n) is 6.32. The fourth-order valence-electron chi connectivity index (χ4n) is 2.55. The lowest BCUT2D eigenvalue weighted by Crippen LogP contribution is -2.24. The van der Waals surface area contributed by atoms with Crippen LogP contribution >= 0.6 is 15.9 Å². The monoisotopic (exact) mass is 301 g/mol. The van der Waals surface area contributed by atoms with Gasteiger partial charge in [-0.3, -0.25) is 0 Å². The van der Waals surface area contributed by atoms with E-state index < -0.39 is 0 Å². The minimum Gasteiger partial charge on any atom is -0.383 e. The van der Waals surface area contributed by atoms with E-state index in [1.807, 2.05) is 0 Å². The van der Waals surface area contributed by atoms with Gasteiger partial charge in [-0.25, -0.2) is 0 Å². The maximum atomic E-state index is 3.59. The molecule has 1 aliphatic rings. The zero-order chi connectivity index (χ0) is 12.5. The minimum absolute atomic E-state index is 0.661. The average molecular weight is 302 g/mol. The van der Waals surface area contributed by atoms with Crippen molar-refractivity contribution in [2.75, 3.05) is 11.9 Å². The Balaban J connectivity index is 1.68. The summed E-state index contributed by atoms with van der Waals surface area (Å²) >= 11 is 3.59. The molecule has 0 saturated carbocycles. The van der Waals surface area contributed by atoms with E-state index in [9.17, 15) is 0 Å². The van der Waals surface area contributed by atoms with Crippen LogP contribution in [0.15, 0.2) is 46.9 Å². The van der Waals surface area contributed by atoms with Gasteiger partial charge in [-0.1, -0.05) is 30.3 Å². The molecule has 1 atom stereocenters. The summed E-state index contributed by atoms with van der Waals surface area (Å²) in [5.74, 6) is 0.661. The number of hydrogen-bond acceptors (Lipinski definition) is 1. The highest BCUT2D eigenvalue weighted by atomic mass is 79.9. The van der Waals surface area contributed by atoms with Gasteiger partial charge in [0.1, 0.15) is 0 Å². The molecule has 0 heterocycles. The largest absolute Gasteiger partial charge is 0.383 e. The van der Waals surface area contributed by atoms with Gasteiger partial charge in [-0.05, 0) is 58.1 Å².